The molecule has 6 nitrogen and oxygen atoms in total. The molecular formula is C22H18BrClN2O4S. The van der Waals surface area contributed by atoms with Gasteiger partial charge in [-0.15, -0.1) is 0 Å². The number of halogens is 2. The first kappa shape index (κ1) is 23.1. The summed E-state index contributed by atoms with van der Waals surface area (Å²) >= 11 is 10.2. The molecule has 160 valence electrons. The van der Waals surface area contributed by atoms with Gasteiger partial charge in [-0.3, -0.25) is 19.3 Å². The molecule has 2 aromatic rings. The lowest BCUT2D eigenvalue weighted by Gasteiger charge is -2.13. The molecule has 9 heteroatoms. The van der Waals surface area contributed by atoms with Crippen molar-refractivity contribution in [1.29, 1.82) is 0 Å². The second-order valence-electron chi connectivity index (χ2n) is 6.56. The van der Waals surface area contributed by atoms with E-state index in [2.05, 4.69) is 27.8 Å². The Balaban J connectivity index is 1.75. The topological polar surface area (TPSA) is 75.7 Å². The fourth-order valence-electron chi connectivity index (χ4n) is 2.70. The largest absolute Gasteiger partial charge is 0.489 e. The van der Waals surface area contributed by atoms with Crippen molar-refractivity contribution >= 4 is 68.1 Å². The van der Waals surface area contributed by atoms with Gasteiger partial charge in [-0.05, 0) is 60.7 Å². The molecule has 1 aliphatic rings. The van der Waals surface area contributed by atoms with Gasteiger partial charge in [0.15, 0.2) is 0 Å². The zero-order valence-electron chi connectivity index (χ0n) is 16.5. The van der Waals surface area contributed by atoms with Gasteiger partial charge in [0.1, 0.15) is 18.9 Å². The average molecular weight is 522 g/mol. The van der Waals surface area contributed by atoms with Crippen LogP contribution in [0.15, 0.2) is 58.4 Å². The Kier molecular flexibility index (Phi) is 7.59. The Labute approximate surface area is 197 Å². The number of imide groups is 1. The average Bonchev–Trinajstić information content (AvgIpc) is 2.97. The van der Waals surface area contributed by atoms with Crippen molar-refractivity contribution in [3.63, 3.8) is 0 Å². The Hall–Kier alpha value is -2.55. The number of thioether (sulfide) groups is 1. The second-order valence-corrected chi connectivity index (χ2v) is 8.88. The Bertz CT molecular complexity index is 1100. The molecule has 0 aromatic heterocycles. The van der Waals surface area contributed by atoms with Gasteiger partial charge < -0.3 is 10.1 Å². The maximum atomic E-state index is 12.8. The van der Waals surface area contributed by atoms with Crippen LogP contribution in [-0.2, 0) is 9.59 Å². The summed E-state index contributed by atoms with van der Waals surface area (Å²) in [6.45, 7) is 5.37. The van der Waals surface area contributed by atoms with Crippen LogP contribution in [-0.4, -0.2) is 35.1 Å². The van der Waals surface area contributed by atoms with E-state index in [1.54, 1.807) is 42.5 Å². The van der Waals surface area contributed by atoms with Gasteiger partial charge in [0.25, 0.3) is 11.1 Å². The highest BCUT2D eigenvalue weighted by Crippen LogP contribution is 2.35. The summed E-state index contributed by atoms with van der Waals surface area (Å²) in [5.74, 6) is -0.494. The summed E-state index contributed by atoms with van der Waals surface area (Å²) in [5, 5.41) is 2.64. The number of hydrogen-bond donors (Lipinski definition) is 1. The SMILES string of the molecule is C=CCOc1ccc(Br)cc1/C=C1/SC(=O)N(CC(=O)Nc2ccc(C)c(Cl)c2)C1=O. The van der Waals surface area contributed by atoms with Gasteiger partial charge in [0.2, 0.25) is 5.91 Å². The highest BCUT2D eigenvalue weighted by molar-refractivity contribution is 9.10. The number of rotatable bonds is 7. The minimum atomic E-state index is -0.540. The van der Waals surface area contributed by atoms with Gasteiger partial charge in [-0.2, -0.15) is 0 Å². The fraction of sp³-hybridized carbons (Fsp3) is 0.136. The van der Waals surface area contributed by atoms with Crippen molar-refractivity contribution in [2.24, 2.45) is 0 Å². The van der Waals surface area contributed by atoms with Crippen LogP contribution in [0.2, 0.25) is 5.02 Å². The third kappa shape index (κ3) is 5.78. The molecule has 0 unspecified atom stereocenters. The van der Waals surface area contributed by atoms with Crippen molar-refractivity contribution in [3.8, 4) is 5.75 Å². The Morgan fingerprint density at radius 3 is 2.77 bits per heavy atom. The van der Waals surface area contributed by atoms with E-state index in [1.165, 1.54) is 0 Å². The molecular weight excluding hydrogens is 504 g/mol. The Morgan fingerprint density at radius 2 is 2.06 bits per heavy atom. The van der Waals surface area contributed by atoms with Crippen molar-refractivity contribution in [1.82, 2.24) is 4.90 Å². The van der Waals surface area contributed by atoms with E-state index in [-0.39, 0.29) is 4.91 Å². The normalized spacial score (nSPS) is 14.8. The molecule has 3 rings (SSSR count). The van der Waals surface area contributed by atoms with E-state index in [1.807, 2.05) is 13.0 Å². The number of carbonyl (C=O) groups is 3. The molecule has 1 saturated heterocycles. The number of hydrogen-bond acceptors (Lipinski definition) is 5. The highest BCUT2D eigenvalue weighted by Gasteiger charge is 2.36. The minimum Gasteiger partial charge on any atom is -0.489 e. The van der Waals surface area contributed by atoms with Gasteiger partial charge in [-0.25, -0.2) is 0 Å². The first-order valence-electron chi connectivity index (χ1n) is 9.13. The molecule has 0 atom stereocenters. The fourth-order valence-corrected chi connectivity index (χ4v) is 4.09. The van der Waals surface area contributed by atoms with Gasteiger partial charge in [-0.1, -0.05) is 46.3 Å². The molecule has 0 saturated carbocycles. The van der Waals surface area contributed by atoms with Crippen LogP contribution in [0.4, 0.5) is 10.5 Å². The smallest absolute Gasteiger partial charge is 0.294 e. The molecule has 1 N–H and O–H groups in total. The lowest BCUT2D eigenvalue weighted by atomic mass is 10.2. The molecule has 0 radical (unpaired) electrons. The van der Waals surface area contributed by atoms with Crippen LogP contribution in [0.1, 0.15) is 11.1 Å². The first-order valence-corrected chi connectivity index (χ1v) is 11.1. The summed E-state index contributed by atoms with van der Waals surface area (Å²) in [6.07, 6.45) is 3.19. The zero-order chi connectivity index (χ0) is 22.5. The van der Waals surface area contributed by atoms with Gasteiger partial charge in [0.05, 0.1) is 4.91 Å². The number of nitrogens with one attached hydrogen (secondary N) is 1. The number of amides is 3. The van der Waals surface area contributed by atoms with E-state index < -0.39 is 23.6 Å². The van der Waals surface area contributed by atoms with Crippen molar-refractivity contribution in [2.45, 2.75) is 6.92 Å². The number of ether oxygens (including phenoxy) is 1. The molecule has 2 aromatic carbocycles. The molecule has 0 aliphatic carbocycles. The Morgan fingerprint density at radius 1 is 1.29 bits per heavy atom. The highest BCUT2D eigenvalue weighted by atomic mass is 79.9. The van der Waals surface area contributed by atoms with Crippen LogP contribution in [0.3, 0.4) is 0 Å². The summed E-state index contributed by atoms with van der Waals surface area (Å²) in [6, 6.07) is 10.4. The molecule has 0 spiro atoms. The monoisotopic (exact) mass is 520 g/mol. The molecule has 1 aliphatic heterocycles. The quantitative estimate of drug-likeness (QED) is 0.376. The minimum absolute atomic E-state index is 0.206. The standard InChI is InChI=1S/C22H18BrClN2O4S/c1-3-8-30-18-7-5-15(23)9-14(18)10-19-21(28)26(22(29)31-19)12-20(27)25-16-6-4-13(2)17(24)11-16/h3-7,9-11H,1,8,12H2,2H3,(H,25,27)/b19-10+. The lowest BCUT2D eigenvalue weighted by Crippen LogP contribution is -2.36. The number of anilines is 1. The third-order valence-corrected chi connectivity index (χ3v) is 6.05. The maximum absolute atomic E-state index is 12.8. The summed E-state index contributed by atoms with van der Waals surface area (Å²) < 4.78 is 6.40. The van der Waals surface area contributed by atoms with Crippen LogP contribution >= 0.6 is 39.3 Å². The summed E-state index contributed by atoms with van der Waals surface area (Å²) in [5.41, 5.74) is 1.99. The zero-order valence-corrected chi connectivity index (χ0v) is 19.6. The van der Waals surface area contributed by atoms with E-state index >= 15 is 0 Å². The van der Waals surface area contributed by atoms with Crippen molar-refractivity contribution in [3.05, 3.63) is 74.6 Å². The maximum Gasteiger partial charge on any atom is 0.294 e. The number of nitrogens with zero attached hydrogens (tertiary/aromatic N) is 1. The van der Waals surface area contributed by atoms with E-state index in [9.17, 15) is 14.4 Å². The predicted octanol–water partition coefficient (Wildman–Crippen LogP) is 5.65. The molecule has 3 amide bonds. The summed E-state index contributed by atoms with van der Waals surface area (Å²) in [4.78, 5) is 38.6. The van der Waals surface area contributed by atoms with Crippen LogP contribution in [0.5, 0.6) is 5.75 Å². The van der Waals surface area contributed by atoms with E-state index in [4.69, 9.17) is 16.3 Å². The predicted molar refractivity (Wildman–Crippen MR) is 127 cm³/mol. The number of aryl methyl sites for hydroxylation is 1. The summed E-state index contributed by atoms with van der Waals surface area (Å²) in [7, 11) is 0. The van der Waals surface area contributed by atoms with Crippen LogP contribution in [0, 0.1) is 6.92 Å². The first-order chi connectivity index (χ1) is 14.8. The van der Waals surface area contributed by atoms with Crippen molar-refractivity contribution in [2.75, 3.05) is 18.5 Å². The van der Waals surface area contributed by atoms with Gasteiger partial charge in [0, 0.05) is 20.7 Å². The molecule has 1 heterocycles. The molecule has 0 bridgehead atoms. The van der Waals surface area contributed by atoms with Gasteiger partial charge >= 0.3 is 0 Å². The number of carbonyl (C=O) groups excluding carboxylic acids is 3. The van der Waals surface area contributed by atoms with Crippen molar-refractivity contribution < 1.29 is 19.1 Å². The van der Waals surface area contributed by atoms with E-state index in [0.29, 0.717) is 28.6 Å². The van der Waals surface area contributed by atoms with Crippen LogP contribution in [0.25, 0.3) is 6.08 Å². The van der Waals surface area contributed by atoms with E-state index in [0.717, 1.165) is 26.7 Å². The van der Waals surface area contributed by atoms with Crippen LogP contribution < -0.4 is 10.1 Å². The third-order valence-electron chi connectivity index (χ3n) is 4.25. The second kappa shape index (κ2) is 10.2. The molecule has 31 heavy (non-hydrogen) atoms. The number of benzene rings is 2. The lowest BCUT2D eigenvalue weighted by molar-refractivity contribution is -0.127. The molecule has 1 fully saturated rings.